The maximum Gasteiger partial charge on any atom is 0.289 e. The molecule has 0 unspecified atom stereocenters. The van der Waals surface area contributed by atoms with E-state index in [0.29, 0.717) is 6.42 Å². The third-order valence-electron chi connectivity index (χ3n) is 5.59. The third kappa shape index (κ3) is 4.60. The summed E-state index contributed by atoms with van der Waals surface area (Å²) in [5.74, 6) is 0.807. The molecule has 1 amide bonds. The average Bonchev–Trinajstić information content (AvgIpc) is 3.17. The van der Waals surface area contributed by atoms with Crippen LogP contribution >= 0.6 is 0 Å². The summed E-state index contributed by atoms with van der Waals surface area (Å²) in [5, 5.41) is 10.6. The van der Waals surface area contributed by atoms with Crippen LogP contribution in [0.15, 0.2) is 59.0 Å². The van der Waals surface area contributed by atoms with Crippen molar-refractivity contribution < 1.29 is 14.3 Å². The Balaban J connectivity index is 1.73. The fraction of sp³-hybridized carbons (Fsp3) is 0.320. The van der Waals surface area contributed by atoms with Crippen molar-refractivity contribution in [2.45, 2.75) is 46.3 Å². The number of benzene rings is 2. The molecule has 1 aromatic heterocycles. The highest BCUT2D eigenvalue weighted by atomic mass is 16.4. The summed E-state index contributed by atoms with van der Waals surface area (Å²) in [6.07, 6.45) is -0.116. The van der Waals surface area contributed by atoms with E-state index in [1.54, 1.807) is 13.1 Å². The Kier molecular flexibility index (Phi) is 6.23. The summed E-state index contributed by atoms with van der Waals surface area (Å²) in [7, 11) is 1.69. The van der Waals surface area contributed by atoms with E-state index in [-0.39, 0.29) is 17.7 Å². The highest BCUT2D eigenvalue weighted by molar-refractivity contribution is 5.91. The lowest BCUT2D eigenvalue weighted by Gasteiger charge is -2.28. The molecule has 1 heterocycles. The quantitative estimate of drug-likeness (QED) is 0.644. The first-order valence-electron chi connectivity index (χ1n) is 9.93. The number of likely N-dealkylation sites (N-methyl/N-ethyl adjacent to an activating group) is 1. The smallest absolute Gasteiger partial charge is 0.289 e. The minimum Gasteiger partial charge on any atom is -0.456 e. The zero-order chi connectivity index (χ0) is 21.1. The van der Waals surface area contributed by atoms with Gasteiger partial charge in [0.15, 0.2) is 5.76 Å². The molecule has 0 saturated carbocycles. The van der Waals surface area contributed by atoms with E-state index >= 15 is 0 Å². The summed E-state index contributed by atoms with van der Waals surface area (Å²) in [6.45, 7) is 8.13. The van der Waals surface area contributed by atoms with Crippen molar-refractivity contribution in [1.29, 1.82) is 0 Å². The van der Waals surface area contributed by atoms with Crippen molar-refractivity contribution in [1.82, 2.24) is 4.90 Å². The molecule has 0 radical (unpaired) electrons. The van der Waals surface area contributed by atoms with Crippen molar-refractivity contribution in [2.75, 3.05) is 7.05 Å². The maximum absolute atomic E-state index is 12.9. The lowest BCUT2D eigenvalue weighted by Crippen LogP contribution is -2.38. The van der Waals surface area contributed by atoms with E-state index in [1.807, 2.05) is 43.3 Å². The van der Waals surface area contributed by atoms with Crippen LogP contribution in [0.2, 0.25) is 0 Å². The Bertz CT molecular complexity index is 967. The largest absolute Gasteiger partial charge is 0.456 e. The molecule has 29 heavy (non-hydrogen) atoms. The normalized spacial score (nSPS) is 13.2. The standard InChI is InChI=1S/C25H29NO3/c1-16-13-17(2)22(18(3)14-16)15-21-11-12-23(29-21)25(28)26(5)19(4)24(27)20-9-7-6-8-10-20/h6-14,19,24,27H,15H2,1-5H3/t19-,24-/m0/s1. The molecule has 2 atom stereocenters. The van der Waals surface area contributed by atoms with Crippen LogP contribution in [0.25, 0.3) is 0 Å². The van der Waals surface area contributed by atoms with E-state index in [4.69, 9.17) is 4.42 Å². The number of hydrogen-bond donors (Lipinski definition) is 1. The second-order valence-electron chi connectivity index (χ2n) is 7.83. The number of aryl methyl sites for hydroxylation is 3. The number of carbonyl (C=O) groups excluding carboxylic acids is 1. The Morgan fingerprint density at radius 2 is 1.66 bits per heavy atom. The summed E-state index contributed by atoms with van der Waals surface area (Å²) in [5.41, 5.74) is 5.70. The van der Waals surface area contributed by atoms with Gasteiger partial charge in [-0.3, -0.25) is 4.79 Å². The van der Waals surface area contributed by atoms with Gasteiger partial charge >= 0.3 is 0 Å². The minimum absolute atomic E-state index is 0.240. The first-order valence-corrected chi connectivity index (χ1v) is 9.93. The highest BCUT2D eigenvalue weighted by Gasteiger charge is 2.26. The van der Waals surface area contributed by atoms with Crippen LogP contribution in [-0.2, 0) is 6.42 Å². The van der Waals surface area contributed by atoms with Crippen LogP contribution in [0.3, 0.4) is 0 Å². The Labute approximate surface area is 172 Å². The van der Waals surface area contributed by atoms with E-state index in [2.05, 4.69) is 32.9 Å². The molecule has 0 aliphatic rings. The number of nitrogens with zero attached hydrogens (tertiary/aromatic N) is 1. The lowest BCUT2D eigenvalue weighted by atomic mass is 9.97. The summed E-state index contributed by atoms with van der Waals surface area (Å²) in [6, 6.07) is 16.9. The van der Waals surface area contributed by atoms with E-state index in [0.717, 1.165) is 11.3 Å². The number of carbonyl (C=O) groups is 1. The number of aliphatic hydroxyl groups is 1. The molecular weight excluding hydrogens is 362 g/mol. The molecule has 0 bridgehead atoms. The average molecular weight is 392 g/mol. The first-order chi connectivity index (χ1) is 13.8. The molecule has 2 aromatic carbocycles. The van der Waals surface area contributed by atoms with Crippen LogP contribution in [0.5, 0.6) is 0 Å². The number of hydrogen-bond acceptors (Lipinski definition) is 3. The van der Waals surface area contributed by atoms with Gasteiger partial charge in [0.2, 0.25) is 0 Å². The monoisotopic (exact) mass is 391 g/mol. The second-order valence-corrected chi connectivity index (χ2v) is 7.83. The number of amides is 1. The van der Waals surface area contributed by atoms with Crippen molar-refractivity contribution in [3.63, 3.8) is 0 Å². The third-order valence-corrected chi connectivity index (χ3v) is 5.59. The van der Waals surface area contributed by atoms with Crippen LogP contribution < -0.4 is 0 Å². The van der Waals surface area contributed by atoms with Crippen LogP contribution in [0, 0.1) is 20.8 Å². The number of furan rings is 1. The van der Waals surface area contributed by atoms with E-state index in [1.165, 1.54) is 27.2 Å². The van der Waals surface area contributed by atoms with E-state index in [9.17, 15) is 9.90 Å². The predicted molar refractivity (Wildman–Crippen MR) is 115 cm³/mol. The van der Waals surface area contributed by atoms with Gasteiger partial charge in [-0.2, -0.15) is 0 Å². The fourth-order valence-electron chi connectivity index (χ4n) is 3.75. The number of aliphatic hydroxyl groups excluding tert-OH is 1. The molecule has 4 nitrogen and oxygen atoms in total. The summed E-state index contributed by atoms with van der Waals surface area (Å²) < 4.78 is 5.87. The predicted octanol–water partition coefficient (Wildman–Crippen LogP) is 4.99. The lowest BCUT2D eigenvalue weighted by molar-refractivity contribution is 0.0460. The molecule has 152 valence electrons. The Hall–Kier alpha value is -2.85. The zero-order valence-corrected chi connectivity index (χ0v) is 17.8. The minimum atomic E-state index is -0.766. The van der Waals surface area contributed by atoms with Crippen molar-refractivity contribution in [3.05, 3.63) is 93.9 Å². The van der Waals surface area contributed by atoms with Gasteiger partial charge in [-0.25, -0.2) is 0 Å². The Morgan fingerprint density at radius 3 is 2.28 bits per heavy atom. The van der Waals surface area contributed by atoms with Gasteiger partial charge in [-0.1, -0.05) is 48.0 Å². The van der Waals surface area contributed by atoms with Gasteiger partial charge in [0, 0.05) is 13.5 Å². The molecule has 3 aromatic rings. The molecule has 4 heteroatoms. The SMILES string of the molecule is Cc1cc(C)c(Cc2ccc(C(=O)N(C)[C@@H](C)[C@H](O)c3ccccc3)o2)c(C)c1. The molecule has 3 rings (SSSR count). The maximum atomic E-state index is 12.9. The number of rotatable bonds is 6. The highest BCUT2D eigenvalue weighted by Crippen LogP contribution is 2.24. The van der Waals surface area contributed by atoms with Gasteiger partial charge in [-0.15, -0.1) is 0 Å². The van der Waals surface area contributed by atoms with Gasteiger partial charge in [-0.05, 0) is 62.1 Å². The van der Waals surface area contributed by atoms with Gasteiger partial charge < -0.3 is 14.4 Å². The second kappa shape index (κ2) is 8.66. The molecule has 0 aliphatic carbocycles. The topological polar surface area (TPSA) is 53.7 Å². The van der Waals surface area contributed by atoms with Gasteiger partial charge in [0.25, 0.3) is 5.91 Å². The van der Waals surface area contributed by atoms with Crippen molar-refractivity contribution >= 4 is 5.91 Å². The Morgan fingerprint density at radius 1 is 1.03 bits per heavy atom. The molecular formula is C25H29NO3. The molecule has 1 N–H and O–H groups in total. The molecule has 0 aliphatic heterocycles. The molecule has 0 spiro atoms. The molecule has 0 fully saturated rings. The van der Waals surface area contributed by atoms with Gasteiger partial charge in [0.05, 0.1) is 12.1 Å². The molecule has 0 saturated heterocycles. The zero-order valence-electron chi connectivity index (χ0n) is 17.8. The summed E-state index contributed by atoms with van der Waals surface area (Å²) in [4.78, 5) is 14.4. The summed E-state index contributed by atoms with van der Waals surface area (Å²) >= 11 is 0. The van der Waals surface area contributed by atoms with Crippen LogP contribution in [-0.4, -0.2) is 29.0 Å². The van der Waals surface area contributed by atoms with Crippen LogP contribution in [0.1, 0.15) is 57.2 Å². The van der Waals surface area contributed by atoms with Crippen LogP contribution in [0.4, 0.5) is 0 Å². The van der Waals surface area contributed by atoms with Gasteiger partial charge in [0.1, 0.15) is 5.76 Å². The van der Waals surface area contributed by atoms with Crippen molar-refractivity contribution in [3.8, 4) is 0 Å². The van der Waals surface area contributed by atoms with Crippen molar-refractivity contribution in [2.24, 2.45) is 0 Å². The fourth-order valence-corrected chi connectivity index (χ4v) is 3.75. The first kappa shape index (κ1) is 20.9. The van der Waals surface area contributed by atoms with E-state index < -0.39 is 6.10 Å².